The van der Waals surface area contributed by atoms with Crippen LogP contribution in [-0.2, 0) is 11.2 Å². The van der Waals surface area contributed by atoms with Gasteiger partial charge in [0, 0.05) is 5.56 Å². The number of carbonyl (C=O) groups is 1. The number of aryl methyl sites for hydroxylation is 1. The van der Waals surface area contributed by atoms with E-state index in [1.807, 2.05) is 49.4 Å². The molecule has 0 aliphatic carbocycles. The predicted octanol–water partition coefficient (Wildman–Crippen LogP) is 4.59. The van der Waals surface area contributed by atoms with Crippen LogP contribution in [0.2, 0.25) is 0 Å². The maximum absolute atomic E-state index is 11.8. The average molecular weight is 342 g/mol. The van der Waals surface area contributed by atoms with Crippen LogP contribution in [0.1, 0.15) is 42.4 Å². The summed E-state index contributed by atoms with van der Waals surface area (Å²) < 4.78 is 11.0. The first kappa shape index (κ1) is 18.8. The first-order chi connectivity index (χ1) is 12.0. The molecule has 1 N–H and O–H groups in total. The summed E-state index contributed by atoms with van der Waals surface area (Å²) in [4.78, 5) is 11.8. The molecule has 2 aromatic rings. The largest absolute Gasteiger partial charge is 0.496 e. The molecular formula is C21H26O4. The minimum Gasteiger partial charge on any atom is -0.496 e. The molecule has 4 heteroatoms. The van der Waals surface area contributed by atoms with Crippen molar-refractivity contribution in [1.82, 2.24) is 0 Å². The summed E-state index contributed by atoms with van der Waals surface area (Å²) >= 11 is 0. The second-order valence-corrected chi connectivity index (χ2v) is 6.19. The Hall–Kier alpha value is -2.49. The lowest BCUT2D eigenvalue weighted by molar-refractivity contribution is -0.138. The van der Waals surface area contributed by atoms with Gasteiger partial charge in [0.05, 0.1) is 19.6 Å². The zero-order chi connectivity index (χ0) is 18.2. The molecule has 25 heavy (non-hydrogen) atoms. The van der Waals surface area contributed by atoms with E-state index in [2.05, 4.69) is 6.92 Å². The summed E-state index contributed by atoms with van der Waals surface area (Å²) in [5, 5.41) is 9.72. The van der Waals surface area contributed by atoms with Crippen molar-refractivity contribution in [2.24, 2.45) is 0 Å². The van der Waals surface area contributed by atoms with Gasteiger partial charge in [-0.15, -0.1) is 0 Å². The Labute approximate surface area is 149 Å². The molecule has 0 radical (unpaired) electrons. The van der Waals surface area contributed by atoms with Gasteiger partial charge in [0.15, 0.2) is 0 Å². The van der Waals surface area contributed by atoms with E-state index < -0.39 is 11.9 Å². The molecule has 0 bridgehead atoms. The van der Waals surface area contributed by atoms with Crippen LogP contribution in [0.25, 0.3) is 0 Å². The van der Waals surface area contributed by atoms with Gasteiger partial charge >= 0.3 is 5.97 Å². The number of benzene rings is 2. The Morgan fingerprint density at radius 2 is 1.88 bits per heavy atom. The molecule has 4 nitrogen and oxygen atoms in total. The van der Waals surface area contributed by atoms with Crippen molar-refractivity contribution >= 4 is 5.97 Å². The van der Waals surface area contributed by atoms with Crippen molar-refractivity contribution in [2.75, 3.05) is 13.7 Å². The Morgan fingerprint density at radius 3 is 2.48 bits per heavy atom. The molecule has 0 aliphatic heterocycles. The molecule has 1 atom stereocenters. The molecule has 0 spiro atoms. The number of aliphatic carboxylic acids is 1. The third kappa shape index (κ3) is 5.24. The van der Waals surface area contributed by atoms with E-state index >= 15 is 0 Å². The molecule has 0 saturated carbocycles. The minimum absolute atomic E-state index is 0.407. The highest BCUT2D eigenvalue weighted by atomic mass is 16.5. The fraction of sp³-hybridized carbons (Fsp3) is 0.381. The summed E-state index contributed by atoms with van der Waals surface area (Å²) in [5.41, 5.74) is 2.68. The topological polar surface area (TPSA) is 55.8 Å². The number of carboxylic acids is 1. The molecule has 0 aromatic heterocycles. The van der Waals surface area contributed by atoms with E-state index in [9.17, 15) is 9.90 Å². The fourth-order valence-electron chi connectivity index (χ4n) is 2.75. The molecular weight excluding hydrogens is 316 g/mol. The minimum atomic E-state index is -0.854. The van der Waals surface area contributed by atoms with Gasteiger partial charge in [-0.2, -0.15) is 0 Å². The van der Waals surface area contributed by atoms with Crippen molar-refractivity contribution in [3.8, 4) is 11.5 Å². The van der Waals surface area contributed by atoms with Gasteiger partial charge in [-0.05, 0) is 43.5 Å². The third-order valence-electron chi connectivity index (χ3n) is 4.19. The smallest absolute Gasteiger partial charge is 0.311 e. The average Bonchev–Trinajstić information content (AvgIpc) is 2.61. The van der Waals surface area contributed by atoms with Crippen LogP contribution in [-0.4, -0.2) is 24.8 Å². The molecule has 134 valence electrons. The maximum atomic E-state index is 11.8. The molecule has 0 saturated heterocycles. The number of ether oxygens (including phenoxy) is 2. The van der Waals surface area contributed by atoms with Crippen LogP contribution in [0, 0.1) is 6.92 Å². The number of unbranched alkanes of at least 4 members (excludes halogenated alkanes) is 1. The van der Waals surface area contributed by atoms with E-state index in [0.717, 1.165) is 29.7 Å². The standard InChI is InChI=1S/C21H26O4/c1-4-5-12-25-17-9-7-16(8-10-17)14-19(21(22)23)18-13-15(2)6-11-20(18)24-3/h6-11,13,19H,4-5,12,14H2,1-3H3,(H,22,23). The van der Waals surface area contributed by atoms with Gasteiger partial charge in [-0.3, -0.25) is 4.79 Å². The molecule has 2 rings (SSSR count). The van der Waals surface area contributed by atoms with Crippen LogP contribution >= 0.6 is 0 Å². The maximum Gasteiger partial charge on any atom is 0.311 e. The zero-order valence-corrected chi connectivity index (χ0v) is 15.1. The Bertz CT molecular complexity index is 692. The van der Waals surface area contributed by atoms with E-state index in [1.54, 1.807) is 7.11 Å². The van der Waals surface area contributed by atoms with Crippen LogP contribution in [0.15, 0.2) is 42.5 Å². The normalized spacial score (nSPS) is 11.8. The SMILES string of the molecule is CCCCOc1ccc(CC(C(=O)O)c2cc(C)ccc2OC)cc1. The Kier molecular flexibility index (Phi) is 6.87. The number of hydrogen-bond donors (Lipinski definition) is 1. The first-order valence-electron chi connectivity index (χ1n) is 8.64. The van der Waals surface area contributed by atoms with Crippen molar-refractivity contribution in [3.63, 3.8) is 0 Å². The highest BCUT2D eigenvalue weighted by molar-refractivity contribution is 5.78. The summed E-state index contributed by atoms with van der Waals surface area (Å²) in [6.07, 6.45) is 2.52. The first-order valence-corrected chi connectivity index (χ1v) is 8.64. The number of carboxylic acid groups (broad SMARTS) is 1. The van der Waals surface area contributed by atoms with Gasteiger partial charge in [0.2, 0.25) is 0 Å². The summed E-state index contributed by atoms with van der Waals surface area (Å²) in [6.45, 7) is 4.77. The number of hydrogen-bond acceptors (Lipinski definition) is 3. The summed E-state index contributed by atoms with van der Waals surface area (Å²) in [6, 6.07) is 13.3. The van der Waals surface area contributed by atoms with Crippen molar-refractivity contribution < 1.29 is 19.4 Å². The Balaban J connectivity index is 2.17. The monoisotopic (exact) mass is 342 g/mol. The van der Waals surface area contributed by atoms with Gasteiger partial charge in [0.1, 0.15) is 11.5 Å². The molecule has 0 aliphatic rings. The summed E-state index contributed by atoms with van der Waals surface area (Å²) in [5.74, 6) is -0.0800. The third-order valence-corrected chi connectivity index (χ3v) is 4.19. The second kappa shape index (κ2) is 9.11. The van der Waals surface area contributed by atoms with Gasteiger partial charge in [0.25, 0.3) is 0 Å². The molecule has 0 fully saturated rings. The van der Waals surface area contributed by atoms with E-state index in [-0.39, 0.29) is 0 Å². The van der Waals surface area contributed by atoms with Crippen LogP contribution < -0.4 is 9.47 Å². The van der Waals surface area contributed by atoms with Gasteiger partial charge in [-0.1, -0.05) is 43.2 Å². The van der Waals surface area contributed by atoms with E-state index in [1.165, 1.54) is 0 Å². The highest BCUT2D eigenvalue weighted by Gasteiger charge is 2.24. The quantitative estimate of drug-likeness (QED) is 0.677. The van der Waals surface area contributed by atoms with Gasteiger partial charge in [-0.25, -0.2) is 0 Å². The second-order valence-electron chi connectivity index (χ2n) is 6.19. The van der Waals surface area contributed by atoms with Crippen LogP contribution in [0.3, 0.4) is 0 Å². The zero-order valence-electron chi connectivity index (χ0n) is 15.1. The van der Waals surface area contributed by atoms with Crippen molar-refractivity contribution in [2.45, 2.75) is 39.0 Å². The fourth-order valence-corrected chi connectivity index (χ4v) is 2.75. The molecule has 2 aromatic carbocycles. The molecule has 1 unspecified atom stereocenters. The van der Waals surface area contributed by atoms with Crippen LogP contribution in [0.5, 0.6) is 11.5 Å². The van der Waals surface area contributed by atoms with Gasteiger partial charge < -0.3 is 14.6 Å². The lowest BCUT2D eigenvalue weighted by Gasteiger charge is -2.17. The molecule has 0 amide bonds. The van der Waals surface area contributed by atoms with E-state index in [4.69, 9.17) is 9.47 Å². The van der Waals surface area contributed by atoms with Crippen molar-refractivity contribution in [3.05, 3.63) is 59.2 Å². The number of methoxy groups -OCH3 is 1. The van der Waals surface area contributed by atoms with E-state index in [0.29, 0.717) is 24.3 Å². The highest BCUT2D eigenvalue weighted by Crippen LogP contribution is 2.31. The lowest BCUT2D eigenvalue weighted by atomic mass is 9.90. The Morgan fingerprint density at radius 1 is 1.16 bits per heavy atom. The van der Waals surface area contributed by atoms with Crippen LogP contribution in [0.4, 0.5) is 0 Å². The van der Waals surface area contributed by atoms with Crippen molar-refractivity contribution in [1.29, 1.82) is 0 Å². The lowest BCUT2D eigenvalue weighted by Crippen LogP contribution is -2.15. The summed E-state index contributed by atoms with van der Waals surface area (Å²) in [7, 11) is 1.56. The molecule has 0 heterocycles. The number of rotatable bonds is 9. The predicted molar refractivity (Wildman–Crippen MR) is 98.7 cm³/mol.